The van der Waals surface area contributed by atoms with Crippen LogP contribution in [0.5, 0.6) is 0 Å². The lowest BCUT2D eigenvalue weighted by molar-refractivity contribution is 0.0361. The second kappa shape index (κ2) is 7.85. The monoisotopic (exact) mass is 240 g/mol. The van der Waals surface area contributed by atoms with Crippen LogP contribution < -0.4 is 5.32 Å². The summed E-state index contributed by atoms with van der Waals surface area (Å²) in [6.07, 6.45) is 5.50. The summed E-state index contributed by atoms with van der Waals surface area (Å²) in [7, 11) is 2.10. The molecule has 0 aromatic rings. The molecular weight excluding hydrogens is 212 g/mol. The van der Waals surface area contributed by atoms with E-state index in [1.165, 1.54) is 18.4 Å². The molecule has 0 aliphatic heterocycles. The van der Waals surface area contributed by atoms with E-state index in [1.807, 2.05) is 0 Å². The van der Waals surface area contributed by atoms with E-state index in [-0.39, 0.29) is 6.10 Å². The van der Waals surface area contributed by atoms with Crippen molar-refractivity contribution in [1.29, 1.82) is 0 Å². The van der Waals surface area contributed by atoms with Crippen LogP contribution in [0.3, 0.4) is 0 Å². The average Bonchev–Trinajstić information content (AvgIpc) is 2.29. The molecule has 3 nitrogen and oxygen atoms in total. The van der Waals surface area contributed by atoms with Gasteiger partial charge in [0, 0.05) is 19.1 Å². The highest BCUT2D eigenvalue weighted by Crippen LogP contribution is 2.22. The summed E-state index contributed by atoms with van der Waals surface area (Å²) < 4.78 is 0. The third kappa shape index (κ3) is 5.19. The van der Waals surface area contributed by atoms with Crippen LogP contribution in [0, 0.1) is 0 Å². The van der Waals surface area contributed by atoms with Crippen LogP contribution in [-0.2, 0) is 0 Å². The first-order valence-corrected chi connectivity index (χ1v) is 6.90. The molecule has 0 heterocycles. The second-order valence-corrected chi connectivity index (χ2v) is 5.26. The van der Waals surface area contributed by atoms with E-state index in [4.69, 9.17) is 0 Å². The van der Waals surface area contributed by atoms with Crippen LogP contribution in [0.2, 0.25) is 0 Å². The van der Waals surface area contributed by atoms with Crippen LogP contribution in [0.1, 0.15) is 39.0 Å². The number of aliphatic hydroxyl groups is 1. The van der Waals surface area contributed by atoms with Gasteiger partial charge in [0.2, 0.25) is 0 Å². The minimum Gasteiger partial charge on any atom is -0.391 e. The van der Waals surface area contributed by atoms with Gasteiger partial charge in [0.05, 0.1) is 6.10 Å². The Kier molecular flexibility index (Phi) is 6.78. The Balaban J connectivity index is 2.26. The first-order chi connectivity index (χ1) is 8.15. The minimum absolute atomic E-state index is 0.148. The molecular formula is C14H28N2O. The van der Waals surface area contributed by atoms with E-state index in [0.29, 0.717) is 6.04 Å². The summed E-state index contributed by atoms with van der Waals surface area (Å²) in [5, 5.41) is 13.3. The zero-order valence-electron chi connectivity index (χ0n) is 11.4. The minimum atomic E-state index is -0.148. The lowest BCUT2D eigenvalue weighted by Gasteiger charge is -2.35. The molecule has 2 atom stereocenters. The first-order valence-electron chi connectivity index (χ1n) is 6.90. The van der Waals surface area contributed by atoms with Crippen molar-refractivity contribution in [2.45, 2.75) is 51.2 Å². The Hall–Kier alpha value is -0.380. The van der Waals surface area contributed by atoms with Gasteiger partial charge in [-0.1, -0.05) is 26.3 Å². The standard InChI is InChI=1S/C14H28N2O/c1-4-9-15-10-12(2)11-16(3)13-7-5-6-8-14(13)17/h13-15,17H,2,4-11H2,1,3H3. The molecule has 0 bridgehead atoms. The van der Waals surface area contributed by atoms with Crippen LogP contribution in [-0.4, -0.2) is 48.8 Å². The smallest absolute Gasteiger partial charge is 0.0695 e. The quantitative estimate of drug-likeness (QED) is 0.526. The maximum Gasteiger partial charge on any atom is 0.0695 e. The molecule has 0 spiro atoms. The second-order valence-electron chi connectivity index (χ2n) is 5.26. The van der Waals surface area contributed by atoms with Crippen LogP contribution in [0.4, 0.5) is 0 Å². The number of nitrogens with one attached hydrogen (secondary N) is 1. The molecule has 0 aromatic carbocycles. The number of nitrogens with zero attached hydrogens (tertiary/aromatic N) is 1. The van der Waals surface area contributed by atoms with Crippen LogP contribution in [0.25, 0.3) is 0 Å². The molecule has 3 heteroatoms. The number of hydrogen-bond donors (Lipinski definition) is 2. The zero-order chi connectivity index (χ0) is 12.7. The molecule has 1 fully saturated rings. The normalized spacial score (nSPS) is 25.2. The van der Waals surface area contributed by atoms with Gasteiger partial charge in [-0.05, 0) is 38.4 Å². The van der Waals surface area contributed by atoms with E-state index in [1.54, 1.807) is 0 Å². The molecule has 1 rings (SSSR count). The highest BCUT2D eigenvalue weighted by Gasteiger charge is 2.26. The number of rotatable bonds is 7. The summed E-state index contributed by atoms with van der Waals surface area (Å²) in [4.78, 5) is 2.26. The van der Waals surface area contributed by atoms with Gasteiger partial charge in [-0.3, -0.25) is 4.90 Å². The van der Waals surface area contributed by atoms with Crippen LogP contribution in [0.15, 0.2) is 12.2 Å². The molecule has 1 saturated carbocycles. The molecule has 1 aliphatic carbocycles. The Morgan fingerprint density at radius 1 is 1.41 bits per heavy atom. The first kappa shape index (κ1) is 14.7. The molecule has 0 amide bonds. The van der Waals surface area contributed by atoms with Crippen molar-refractivity contribution in [1.82, 2.24) is 10.2 Å². The van der Waals surface area contributed by atoms with Gasteiger partial charge < -0.3 is 10.4 Å². The van der Waals surface area contributed by atoms with E-state index >= 15 is 0 Å². The van der Waals surface area contributed by atoms with E-state index < -0.39 is 0 Å². The Morgan fingerprint density at radius 2 is 2.12 bits per heavy atom. The van der Waals surface area contributed by atoms with Crippen molar-refractivity contribution < 1.29 is 5.11 Å². The lowest BCUT2D eigenvalue weighted by Crippen LogP contribution is -2.44. The molecule has 0 radical (unpaired) electrons. The fourth-order valence-corrected chi connectivity index (χ4v) is 2.57. The average molecular weight is 240 g/mol. The van der Waals surface area contributed by atoms with Gasteiger partial charge in [-0.25, -0.2) is 0 Å². The maximum atomic E-state index is 9.98. The SMILES string of the molecule is C=C(CNCCC)CN(C)C1CCCCC1O. The fraction of sp³-hybridized carbons (Fsp3) is 0.857. The summed E-state index contributed by atoms with van der Waals surface area (Å²) >= 11 is 0. The van der Waals surface area contributed by atoms with Crippen molar-refractivity contribution in [3.63, 3.8) is 0 Å². The predicted molar refractivity (Wildman–Crippen MR) is 73.2 cm³/mol. The van der Waals surface area contributed by atoms with Gasteiger partial charge in [0.15, 0.2) is 0 Å². The van der Waals surface area contributed by atoms with Gasteiger partial charge in [-0.2, -0.15) is 0 Å². The number of aliphatic hydroxyl groups excluding tert-OH is 1. The van der Waals surface area contributed by atoms with Crippen molar-refractivity contribution in [3.05, 3.63) is 12.2 Å². The van der Waals surface area contributed by atoms with Crippen molar-refractivity contribution >= 4 is 0 Å². The van der Waals surface area contributed by atoms with Crippen molar-refractivity contribution in [2.75, 3.05) is 26.7 Å². The molecule has 0 aromatic heterocycles. The maximum absolute atomic E-state index is 9.98. The fourth-order valence-electron chi connectivity index (χ4n) is 2.57. The highest BCUT2D eigenvalue weighted by molar-refractivity contribution is 5.01. The number of hydrogen-bond acceptors (Lipinski definition) is 3. The van der Waals surface area contributed by atoms with Gasteiger partial charge >= 0.3 is 0 Å². The van der Waals surface area contributed by atoms with Crippen molar-refractivity contribution in [2.24, 2.45) is 0 Å². The van der Waals surface area contributed by atoms with E-state index in [9.17, 15) is 5.11 Å². The Bertz CT molecular complexity index is 230. The Labute approximate surface area is 106 Å². The molecule has 100 valence electrons. The van der Waals surface area contributed by atoms with Gasteiger partial charge in [0.1, 0.15) is 0 Å². The molecule has 1 aliphatic rings. The third-order valence-corrected chi connectivity index (χ3v) is 3.53. The zero-order valence-corrected chi connectivity index (χ0v) is 11.4. The highest BCUT2D eigenvalue weighted by atomic mass is 16.3. The summed E-state index contributed by atoms with van der Waals surface area (Å²) in [5.41, 5.74) is 1.21. The van der Waals surface area contributed by atoms with Gasteiger partial charge in [-0.15, -0.1) is 0 Å². The van der Waals surface area contributed by atoms with Crippen LogP contribution >= 0.6 is 0 Å². The van der Waals surface area contributed by atoms with Crippen molar-refractivity contribution in [3.8, 4) is 0 Å². The summed E-state index contributed by atoms with van der Waals surface area (Å²) in [6.45, 7) is 9.10. The lowest BCUT2D eigenvalue weighted by atomic mass is 9.91. The number of likely N-dealkylation sites (N-methyl/N-ethyl adjacent to an activating group) is 1. The molecule has 17 heavy (non-hydrogen) atoms. The van der Waals surface area contributed by atoms with E-state index in [2.05, 4.69) is 30.8 Å². The Morgan fingerprint density at radius 3 is 2.76 bits per heavy atom. The molecule has 0 saturated heterocycles. The van der Waals surface area contributed by atoms with E-state index in [0.717, 1.165) is 38.9 Å². The third-order valence-electron chi connectivity index (χ3n) is 3.53. The largest absolute Gasteiger partial charge is 0.391 e. The predicted octanol–water partition coefficient (Wildman–Crippen LogP) is 1.78. The molecule has 2 N–H and O–H groups in total. The van der Waals surface area contributed by atoms with Gasteiger partial charge in [0.25, 0.3) is 0 Å². The molecule has 2 unspecified atom stereocenters. The summed E-state index contributed by atoms with van der Waals surface area (Å²) in [5.74, 6) is 0. The summed E-state index contributed by atoms with van der Waals surface area (Å²) in [6, 6.07) is 0.326. The topological polar surface area (TPSA) is 35.5 Å².